The van der Waals surface area contributed by atoms with Gasteiger partial charge in [0.05, 0.1) is 6.42 Å². The van der Waals surface area contributed by atoms with Crippen molar-refractivity contribution in [2.75, 3.05) is 10.6 Å². The maximum atomic E-state index is 12.1. The van der Waals surface area contributed by atoms with Crippen LogP contribution in [0.25, 0.3) is 0 Å². The molecule has 2 amide bonds. The first kappa shape index (κ1) is 13.1. The Morgan fingerprint density at radius 1 is 1.15 bits per heavy atom. The molecule has 0 radical (unpaired) electrons. The number of rotatable bonds is 2. The van der Waals surface area contributed by atoms with Gasteiger partial charge in [-0.2, -0.15) is 0 Å². The van der Waals surface area contributed by atoms with E-state index in [4.69, 9.17) is 0 Å². The Balaban J connectivity index is 1.78. The van der Waals surface area contributed by atoms with Crippen LogP contribution >= 0.6 is 22.6 Å². The van der Waals surface area contributed by atoms with Crippen molar-refractivity contribution in [1.29, 1.82) is 0 Å². The molecule has 5 heteroatoms. The van der Waals surface area contributed by atoms with Crippen LogP contribution in [0.1, 0.15) is 15.9 Å². The standard InChI is InChI=1S/C15H11IN2O2/c16-11-3-1-9(2-4-11)15(20)17-12-5-6-13-10(7-12)8-14(19)18-13/h1-7H,8H2,(H,17,20)(H,18,19). The minimum Gasteiger partial charge on any atom is -0.326 e. The minimum absolute atomic E-state index is 0.0129. The van der Waals surface area contributed by atoms with Gasteiger partial charge in [0.25, 0.3) is 5.91 Å². The Morgan fingerprint density at radius 3 is 2.65 bits per heavy atom. The number of fused-ring (bicyclic) bond motifs is 1. The van der Waals surface area contributed by atoms with E-state index in [1.807, 2.05) is 24.3 Å². The van der Waals surface area contributed by atoms with Crippen molar-refractivity contribution < 1.29 is 9.59 Å². The van der Waals surface area contributed by atoms with E-state index in [0.29, 0.717) is 17.7 Å². The fourth-order valence-corrected chi connectivity index (χ4v) is 2.47. The Morgan fingerprint density at radius 2 is 1.90 bits per heavy atom. The molecule has 100 valence electrons. The van der Waals surface area contributed by atoms with Crippen LogP contribution in [-0.4, -0.2) is 11.8 Å². The van der Waals surface area contributed by atoms with Gasteiger partial charge in [-0.1, -0.05) is 0 Å². The lowest BCUT2D eigenvalue weighted by Gasteiger charge is -2.07. The quantitative estimate of drug-likeness (QED) is 0.790. The normalized spacial score (nSPS) is 12.8. The number of carbonyl (C=O) groups is 2. The highest BCUT2D eigenvalue weighted by Gasteiger charge is 2.18. The predicted molar refractivity (Wildman–Crippen MR) is 85.9 cm³/mol. The average molecular weight is 378 g/mol. The van der Waals surface area contributed by atoms with E-state index in [9.17, 15) is 9.59 Å². The van der Waals surface area contributed by atoms with Gasteiger partial charge in [-0.25, -0.2) is 0 Å². The van der Waals surface area contributed by atoms with Gasteiger partial charge in [0, 0.05) is 20.5 Å². The molecule has 1 heterocycles. The van der Waals surface area contributed by atoms with Crippen molar-refractivity contribution in [3.8, 4) is 0 Å². The predicted octanol–water partition coefficient (Wildman–Crippen LogP) is 3.04. The molecule has 2 aromatic rings. The summed E-state index contributed by atoms with van der Waals surface area (Å²) in [6.07, 6.45) is 0.364. The van der Waals surface area contributed by atoms with Crippen LogP contribution in [0.15, 0.2) is 42.5 Å². The van der Waals surface area contributed by atoms with Gasteiger partial charge in [-0.05, 0) is 70.6 Å². The summed E-state index contributed by atoms with van der Waals surface area (Å²) in [6.45, 7) is 0. The molecule has 2 aromatic carbocycles. The van der Waals surface area contributed by atoms with Crippen molar-refractivity contribution in [2.24, 2.45) is 0 Å². The lowest BCUT2D eigenvalue weighted by molar-refractivity contribution is -0.115. The molecule has 0 bridgehead atoms. The third kappa shape index (κ3) is 2.67. The highest BCUT2D eigenvalue weighted by Crippen LogP contribution is 2.26. The highest BCUT2D eigenvalue weighted by molar-refractivity contribution is 14.1. The summed E-state index contributed by atoms with van der Waals surface area (Å²) in [4.78, 5) is 23.4. The molecule has 2 N–H and O–H groups in total. The summed E-state index contributed by atoms with van der Waals surface area (Å²) in [5.41, 5.74) is 3.04. The molecule has 0 saturated heterocycles. The summed E-state index contributed by atoms with van der Waals surface area (Å²) in [5.74, 6) is -0.167. The van der Waals surface area contributed by atoms with Crippen molar-refractivity contribution in [3.05, 3.63) is 57.2 Å². The Labute approximate surface area is 129 Å². The molecule has 0 spiro atoms. The zero-order chi connectivity index (χ0) is 14.1. The third-order valence-corrected chi connectivity index (χ3v) is 3.81. The van der Waals surface area contributed by atoms with Crippen LogP contribution < -0.4 is 10.6 Å². The largest absolute Gasteiger partial charge is 0.326 e. The van der Waals surface area contributed by atoms with E-state index in [2.05, 4.69) is 33.2 Å². The Kier molecular flexibility index (Phi) is 3.43. The van der Waals surface area contributed by atoms with Crippen molar-refractivity contribution in [1.82, 2.24) is 0 Å². The molecule has 1 aliphatic heterocycles. The smallest absolute Gasteiger partial charge is 0.255 e. The maximum absolute atomic E-state index is 12.1. The molecule has 0 aromatic heterocycles. The number of anilines is 2. The summed E-state index contributed by atoms with van der Waals surface area (Å²) < 4.78 is 1.08. The second-order valence-corrected chi connectivity index (χ2v) is 5.80. The Hall–Kier alpha value is -1.89. The first-order valence-corrected chi connectivity index (χ1v) is 7.19. The second kappa shape index (κ2) is 5.24. The van der Waals surface area contributed by atoms with Crippen molar-refractivity contribution in [3.63, 3.8) is 0 Å². The number of benzene rings is 2. The molecule has 4 nitrogen and oxygen atoms in total. The first-order chi connectivity index (χ1) is 9.61. The SMILES string of the molecule is O=C1Cc2cc(NC(=O)c3ccc(I)cc3)ccc2N1. The fourth-order valence-electron chi connectivity index (χ4n) is 2.11. The van der Waals surface area contributed by atoms with Crippen molar-refractivity contribution in [2.45, 2.75) is 6.42 Å². The van der Waals surface area contributed by atoms with Gasteiger partial charge in [0.2, 0.25) is 5.91 Å². The molecule has 0 unspecified atom stereocenters. The molecule has 1 aliphatic rings. The van der Waals surface area contributed by atoms with E-state index >= 15 is 0 Å². The molecule has 3 rings (SSSR count). The van der Waals surface area contributed by atoms with Gasteiger partial charge in [0.15, 0.2) is 0 Å². The number of nitrogens with one attached hydrogen (secondary N) is 2. The fraction of sp³-hybridized carbons (Fsp3) is 0.0667. The number of halogens is 1. The number of carbonyl (C=O) groups excluding carboxylic acids is 2. The van der Waals surface area contributed by atoms with E-state index in [0.717, 1.165) is 14.8 Å². The third-order valence-electron chi connectivity index (χ3n) is 3.09. The summed E-state index contributed by atoms with van der Waals surface area (Å²) in [7, 11) is 0. The topological polar surface area (TPSA) is 58.2 Å². The van der Waals surface area contributed by atoms with Crippen LogP contribution in [0.5, 0.6) is 0 Å². The van der Waals surface area contributed by atoms with Gasteiger partial charge in [-0.3, -0.25) is 9.59 Å². The molecule has 0 atom stereocenters. The lowest BCUT2D eigenvalue weighted by Crippen LogP contribution is -2.11. The van der Waals surface area contributed by atoms with Gasteiger partial charge >= 0.3 is 0 Å². The zero-order valence-corrected chi connectivity index (χ0v) is 12.6. The van der Waals surface area contributed by atoms with E-state index < -0.39 is 0 Å². The first-order valence-electron chi connectivity index (χ1n) is 6.11. The van der Waals surface area contributed by atoms with Crippen LogP contribution in [-0.2, 0) is 11.2 Å². The number of amides is 2. The monoisotopic (exact) mass is 378 g/mol. The molecule has 0 aliphatic carbocycles. The number of hydrogen-bond acceptors (Lipinski definition) is 2. The average Bonchev–Trinajstić information content (AvgIpc) is 2.78. The highest BCUT2D eigenvalue weighted by atomic mass is 127. The molecular weight excluding hydrogens is 367 g/mol. The van der Waals surface area contributed by atoms with Crippen molar-refractivity contribution >= 4 is 45.8 Å². The maximum Gasteiger partial charge on any atom is 0.255 e. The molecular formula is C15H11IN2O2. The van der Waals surface area contributed by atoms with E-state index in [-0.39, 0.29) is 11.8 Å². The molecule has 0 fully saturated rings. The van der Waals surface area contributed by atoms with Gasteiger partial charge in [0.1, 0.15) is 0 Å². The van der Waals surface area contributed by atoms with E-state index in [1.165, 1.54) is 0 Å². The van der Waals surface area contributed by atoms with Crippen LogP contribution in [0.3, 0.4) is 0 Å². The van der Waals surface area contributed by atoms with Gasteiger partial charge in [-0.15, -0.1) is 0 Å². The van der Waals surface area contributed by atoms with Crippen LogP contribution in [0.4, 0.5) is 11.4 Å². The zero-order valence-electron chi connectivity index (χ0n) is 10.4. The summed E-state index contributed by atoms with van der Waals surface area (Å²) in [6, 6.07) is 12.8. The Bertz CT molecular complexity index is 696. The summed E-state index contributed by atoms with van der Waals surface area (Å²) in [5, 5.41) is 5.61. The molecule has 0 saturated carbocycles. The molecule has 20 heavy (non-hydrogen) atoms. The second-order valence-electron chi connectivity index (χ2n) is 4.56. The van der Waals surface area contributed by atoms with Crippen LogP contribution in [0.2, 0.25) is 0 Å². The lowest BCUT2D eigenvalue weighted by atomic mass is 10.1. The van der Waals surface area contributed by atoms with Gasteiger partial charge < -0.3 is 10.6 Å². The van der Waals surface area contributed by atoms with E-state index in [1.54, 1.807) is 18.2 Å². The number of hydrogen-bond donors (Lipinski definition) is 2. The minimum atomic E-state index is -0.154. The van der Waals surface area contributed by atoms with Crippen LogP contribution in [0, 0.1) is 3.57 Å². The summed E-state index contributed by atoms with van der Waals surface area (Å²) >= 11 is 2.19.